The minimum absolute atomic E-state index is 0.186. The molecule has 2 heterocycles. The number of carbonyl (C=O) groups excluding carboxylic acids is 1. The Hall–Kier alpha value is -2.71. The maximum absolute atomic E-state index is 12.4. The molecule has 1 aromatic carbocycles. The molecule has 1 aliphatic rings. The van der Waals surface area contributed by atoms with Gasteiger partial charge in [-0.05, 0) is 56.2 Å². The van der Waals surface area contributed by atoms with Gasteiger partial charge in [0.25, 0.3) is 5.91 Å². The number of benzene rings is 1. The SMILES string of the molecule is C/C(=N/NC(=O)CSc1nnc(-c2ccc(Cl)cc2)n1C1CCCCC1)c1ccncc1. The number of pyridine rings is 1. The Bertz CT molecular complexity index is 1080. The molecule has 1 aliphatic carbocycles. The molecule has 0 atom stereocenters. The van der Waals surface area contributed by atoms with Crippen LogP contribution in [0.3, 0.4) is 0 Å². The summed E-state index contributed by atoms with van der Waals surface area (Å²) in [6.07, 6.45) is 9.22. The molecule has 0 saturated heterocycles. The predicted molar refractivity (Wildman–Crippen MR) is 128 cm³/mol. The lowest BCUT2D eigenvalue weighted by Crippen LogP contribution is -2.22. The number of nitrogens with zero attached hydrogens (tertiary/aromatic N) is 5. The van der Waals surface area contributed by atoms with Gasteiger partial charge in [-0.3, -0.25) is 14.3 Å². The van der Waals surface area contributed by atoms with Crippen molar-refractivity contribution >= 4 is 35.0 Å². The van der Waals surface area contributed by atoms with Gasteiger partial charge in [0.2, 0.25) is 0 Å². The van der Waals surface area contributed by atoms with Gasteiger partial charge in [0.15, 0.2) is 11.0 Å². The zero-order valence-corrected chi connectivity index (χ0v) is 19.4. The summed E-state index contributed by atoms with van der Waals surface area (Å²) in [5, 5.41) is 14.5. The van der Waals surface area contributed by atoms with E-state index in [9.17, 15) is 4.79 Å². The molecule has 0 spiro atoms. The summed E-state index contributed by atoms with van der Waals surface area (Å²) in [5.41, 5.74) is 5.24. The highest BCUT2D eigenvalue weighted by molar-refractivity contribution is 7.99. The molecule has 9 heteroatoms. The predicted octanol–water partition coefficient (Wildman–Crippen LogP) is 5.13. The third-order valence-corrected chi connectivity index (χ3v) is 6.68. The first kappa shape index (κ1) is 22.5. The Morgan fingerprint density at radius 2 is 1.84 bits per heavy atom. The summed E-state index contributed by atoms with van der Waals surface area (Å²) in [5.74, 6) is 0.844. The standard InChI is InChI=1S/C23H25ClN6OS/c1-16(17-11-13-25-14-12-17)26-27-21(31)15-32-23-29-28-22(18-7-9-19(24)10-8-18)30(23)20-5-3-2-4-6-20/h7-14,20H,2-6,15H2,1H3,(H,27,31)/b26-16-. The van der Waals surface area contributed by atoms with Crippen LogP contribution in [0.2, 0.25) is 5.02 Å². The van der Waals surface area contributed by atoms with Crippen LogP contribution >= 0.6 is 23.4 Å². The van der Waals surface area contributed by atoms with Crippen LogP contribution in [0, 0.1) is 0 Å². The van der Waals surface area contributed by atoms with Crippen LogP contribution in [0.25, 0.3) is 11.4 Å². The molecule has 0 radical (unpaired) electrons. The molecule has 2 aromatic heterocycles. The third kappa shape index (κ3) is 5.55. The number of amides is 1. The second kappa shape index (κ2) is 10.7. The van der Waals surface area contributed by atoms with Gasteiger partial charge in [-0.15, -0.1) is 10.2 Å². The maximum atomic E-state index is 12.4. The number of hydrogen-bond donors (Lipinski definition) is 1. The Labute approximate surface area is 196 Å². The fourth-order valence-electron chi connectivity index (χ4n) is 3.81. The highest BCUT2D eigenvalue weighted by Gasteiger charge is 2.24. The summed E-state index contributed by atoms with van der Waals surface area (Å²) >= 11 is 7.45. The van der Waals surface area contributed by atoms with Crippen molar-refractivity contribution in [3.8, 4) is 11.4 Å². The third-order valence-electron chi connectivity index (χ3n) is 5.49. The normalized spacial score (nSPS) is 15.0. The van der Waals surface area contributed by atoms with Gasteiger partial charge in [-0.2, -0.15) is 5.10 Å². The average molecular weight is 469 g/mol. The Kier molecular flexibility index (Phi) is 7.55. The monoisotopic (exact) mass is 468 g/mol. The van der Waals surface area contributed by atoms with Crippen LogP contribution in [-0.2, 0) is 4.79 Å². The number of carbonyl (C=O) groups is 1. The fourth-order valence-corrected chi connectivity index (χ4v) is 4.73. The van der Waals surface area contributed by atoms with Crippen LogP contribution in [-0.4, -0.2) is 37.1 Å². The van der Waals surface area contributed by atoms with E-state index in [1.54, 1.807) is 12.4 Å². The van der Waals surface area contributed by atoms with Crippen molar-refractivity contribution in [2.75, 3.05) is 5.75 Å². The van der Waals surface area contributed by atoms with E-state index in [-0.39, 0.29) is 11.7 Å². The minimum atomic E-state index is -0.186. The molecule has 1 saturated carbocycles. The number of rotatable bonds is 7. The minimum Gasteiger partial charge on any atom is -0.299 e. The van der Waals surface area contributed by atoms with E-state index >= 15 is 0 Å². The Balaban J connectivity index is 1.48. The lowest BCUT2D eigenvalue weighted by Gasteiger charge is -2.25. The summed E-state index contributed by atoms with van der Waals surface area (Å²) in [4.78, 5) is 16.4. The van der Waals surface area contributed by atoms with Crippen molar-refractivity contribution in [2.45, 2.75) is 50.2 Å². The zero-order chi connectivity index (χ0) is 22.3. The molecule has 32 heavy (non-hydrogen) atoms. The summed E-state index contributed by atoms with van der Waals surface area (Å²) in [6, 6.07) is 11.7. The number of hydrazone groups is 1. The number of nitrogens with one attached hydrogen (secondary N) is 1. The highest BCUT2D eigenvalue weighted by atomic mass is 35.5. The highest BCUT2D eigenvalue weighted by Crippen LogP contribution is 2.35. The van der Waals surface area contributed by atoms with Crippen molar-refractivity contribution in [1.29, 1.82) is 0 Å². The zero-order valence-electron chi connectivity index (χ0n) is 17.9. The molecule has 0 unspecified atom stereocenters. The smallest absolute Gasteiger partial charge is 0.250 e. The van der Waals surface area contributed by atoms with Crippen LogP contribution < -0.4 is 5.43 Å². The summed E-state index contributed by atoms with van der Waals surface area (Å²) in [7, 11) is 0. The summed E-state index contributed by atoms with van der Waals surface area (Å²) < 4.78 is 2.20. The van der Waals surface area contributed by atoms with Gasteiger partial charge in [0.1, 0.15) is 0 Å². The van der Waals surface area contributed by atoms with E-state index in [1.807, 2.05) is 43.3 Å². The first-order valence-electron chi connectivity index (χ1n) is 10.7. The first-order chi connectivity index (χ1) is 15.6. The molecule has 7 nitrogen and oxygen atoms in total. The molecular formula is C23H25ClN6OS. The molecular weight excluding hydrogens is 444 g/mol. The number of hydrogen-bond acceptors (Lipinski definition) is 6. The molecule has 0 aliphatic heterocycles. The quantitative estimate of drug-likeness (QED) is 0.295. The van der Waals surface area contributed by atoms with E-state index in [1.165, 1.54) is 31.0 Å². The van der Waals surface area contributed by atoms with Crippen molar-refractivity contribution < 1.29 is 4.79 Å². The van der Waals surface area contributed by atoms with Gasteiger partial charge < -0.3 is 0 Å². The van der Waals surface area contributed by atoms with Gasteiger partial charge in [-0.1, -0.05) is 42.6 Å². The van der Waals surface area contributed by atoms with E-state index in [0.717, 1.165) is 40.7 Å². The van der Waals surface area contributed by atoms with Crippen LogP contribution in [0.5, 0.6) is 0 Å². The molecule has 1 N–H and O–H groups in total. The lowest BCUT2D eigenvalue weighted by molar-refractivity contribution is -0.118. The Morgan fingerprint density at radius 1 is 1.12 bits per heavy atom. The van der Waals surface area contributed by atoms with Crippen molar-refractivity contribution in [2.24, 2.45) is 5.10 Å². The first-order valence-corrected chi connectivity index (χ1v) is 12.1. The molecule has 1 fully saturated rings. The van der Waals surface area contributed by atoms with E-state index in [0.29, 0.717) is 11.1 Å². The van der Waals surface area contributed by atoms with Crippen LogP contribution in [0.15, 0.2) is 59.0 Å². The molecule has 0 bridgehead atoms. The van der Waals surface area contributed by atoms with Gasteiger partial charge in [0, 0.05) is 34.6 Å². The Morgan fingerprint density at radius 3 is 2.56 bits per heavy atom. The van der Waals surface area contributed by atoms with Crippen LogP contribution in [0.1, 0.15) is 50.6 Å². The van der Waals surface area contributed by atoms with Crippen molar-refractivity contribution in [3.05, 3.63) is 59.4 Å². The van der Waals surface area contributed by atoms with Crippen LogP contribution in [0.4, 0.5) is 0 Å². The number of thioether (sulfide) groups is 1. The number of halogens is 1. The topological polar surface area (TPSA) is 85.1 Å². The average Bonchev–Trinajstić information content (AvgIpc) is 3.26. The number of aromatic nitrogens is 4. The largest absolute Gasteiger partial charge is 0.299 e. The second-order valence-electron chi connectivity index (χ2n) is 7.73. The van der Waals surface area contributed by atoms with Crippen molar-refractivity contribution in [1.82, 2.24) is 25.2 Å². The summed E-state index contributed by atoms with van der Waals surface area (Å²) in [6.45, 7) is 1.85. The van der Waals surface area contributed by atoms with E-state index < -0.39 is 0 Å². The lowest BCUT2D eigenvalue weighted by atomic mass is 9.95. The van der Waals surface area contributed by atoms with E-state index in [2.05, 4.69) is 30.3 Å². The maximum Gasteiger partial charge on any atom is 0.250 e. The van der Waals surface area contributed by atoms with Gasteiger partial charge in [0.05, 0.1) is 11.5 Å². The van der Waals surface area contributed by atoms with Gasteiger partial charge in [-0.25, -0.2) is 5.43 Å². The molecule has 1 amide bonds. The second-order valence-corrected chi connectivity index (χ2v) is 9.11. The van der Waals surface area contributed by atoms with Gasteiger partial charge >= 0.3 is 0 Å². The van der Waals surface area contributed by atoms with E-state index in [4.69, 9.17) is 11.6 Å². The fraction of sp³-hybridized carbons (Fsp3) is 0.348. The van der Waals surface area contributed by atoms with Crippen molar-refractivity contribution in [3.63, 3.8) is 0 Å². The molecule has 3 aromatic rings. The molecule has 166 valence electrons. The molecule has 4 rings (SSSR count).